The zero-order chi connectivity index (χ0) is 28.6. The average molecular weight is 564 g/mol. The van der Waals surface area contributed by atoms with Gasteiger partial charge in [-0.3, -0.25) is 9.59 Å². The van der Waals surface area contributed by atoms with Crippen LogP contribution in [0.15, 0.2) is 76.9 Å². The van der Waals surface area contributed by atoms with E-state index in [9.17, 15) is 14.7 Å². The second-order valence-electron chi connectivity index (χ2n) is 9.07. The number of aliphatic hydroxyl groups is 1. The maximum atomic E-state index is 14.6. The van der Waals surface area contributed by atoms with Gasteiger partial charge >= 0.3 is 0 Å². The predicted octanol–water partition coefficient (Wildman–Crippen LogP) is 5.68. The van der Waals surface area contributed by atoms with Crippen molar-refractivity contribution in [3.63, 3.8) is 0 Å². The number of amides is 1. The van der Waals surface area contributed by atoms with Crippen LogP contribution in [0, 0.1) is 0 Å². The molecule has 1 aromatic heterocycles. The number of benzene rings is 3. The lowest BCUT2D eigenvalue weighted by Gasteiger charge is -2.36. The fraction of sp³-hybridized carbons (Fsp3) is 0.200. The van der Waals surface area contributed by atoms with Gasteiger partial charge in [0.25, 0.3) is 5.91 Å². The van der Waals surface area contributed by atoms with Crippen LogP contribution in [0.2, 0.25) is 5.02 Å². The molecule has 0 spiro atoms. The molecule has 0 aliphatic carbocycles. The highest BCUT2D eigenvalue weighted by atomic mass is 35.5. The number of aliphatic hydroxyl groups excluding tert-OH is 1. The Kier molecular flexibility index (Phi) is 7.08. The number of ether oxygens (including phenoxy) is 4. The van der Waals surface area contributed by atoms with Crippen LogP contribution in [0.1, 0.15) is 21.7 Å². The van der Waals surface area contributed by atoms with E-state index in [4.69, 9.17) is 35.0 Å². The van der Waals surface area contributed by atoms with Crippen molar-refractivity contribution < 1.29 is 38.1 Å². The monoisotopic (exact) mass is 563 g/mol. The van der Waals surface area contributed by atoms with E-state index in [2.05, 4.69) is 0 Å². The van der Waals surface area contributed by atoms with Crippen LogP contribution < -0.4 is 18.9 Å². The normalized spacial score (nSPS) is 16.7. The summed E-state index contributed by atoms with van der Waals surface area (Å²) in [5.41, 5.74) is -0.476. The zero-order valence-corrected chi connectivity index (χ0v) is 22.9. The van der Waals surface area contributed by atoms with Crippen molar-refractivity contribution in [1.82, 2.24) is 4.90 Å². The summed E-state index contributed by atoms with van der Waals surface area (Å²) in [7, 11) is 5.96. The number of nitrogens with zero attached hydrogens (tertiary/aromatic N) is 1. The van der Waals surface area contributed by atoms with Gasteiger partial charge in [-0.2, -0.15) is 0 Å². The number of ketones is 1. The fourth-order valence-electron chi connectivity index (χ4n) is 4.95. The first-order valence-electron chi connectivity index (χ1n) is 12.2. The van der Waals surface area contributed by atoms with Gasteiger partial charge in [-0.25, -0.2) is 0 Å². The van der Waals surface area contributed by atoms with Gasteiger partial charge in [-0.1, -0.05) is 29.8 Å². The molecule has 0 saturated carbocycles. The Bertz CT molecular complexity index is 1660. The van der Waals surface area contributed by atoms with Crippen LogP contribution in [-0.4, -0.2) is 50.1 Å². The van der Waals surface area contributed by atoms with Gasteiger partial charge in [-0.05, 0) is 47.5 Å². The molecule has 1 unspecified atom stereocenters. The summed E-state index contributed by atoms with van der Waals surface area (Å²) in [5, 5.41) is 11.7. The van der Waals surface area contributed by atoms with Crippen LogP contribution in [0.3, 0.4) is 0 Å². The summed E-state index contributed by atoms with van der Waals surface area (Å²) in [6.45, 7) is -0.0357. The Morgan fingerprint density at radius 3 is 2.38 bits per heavy atom. The molecule has 10 heteroatoms. The van der Waals surface area contributed by atoms with E-state index >= 15 is 0 Å². The first-order chi connectivity index (χ1) is 19.2. The lowest BCUT2D eigenvalue weighted by atomic mass is 9.83. The Labute approximate surface area is 235 Å². The fourth-order valence-corrected chi connectivity index (χ4v) is 5.17. The average Bonchev–Trinajstić information content (AvgIpc) is 3.51. The molecule has 206 valence electrons. The lowest BCUT2D eigenvalue weighted by molar-refractivity contribution is -0.131. The van der Waals surface area contributed by atoms with E-state index in [0.717, 1.165) is 0 Å². The highest BCUT2D eigenvalue weighted by Gasteiger charge is 2.54. The van der Waals surface area contributed by atoms with Crippen LogP contribution >= 0.6 is 11.6 Å². The number of rotatable bonds is 9. The standard InChI is InChI=1S/C30H26ClNO8/c1-36-21-7-5-6-17(10-21)16-32-29(35)22(33)15-30(32,19-8-9-23(37-2)24(13-19)38-3)28(34)26-12-18-11-20(31)14-25(39-4)27(18)40-26/h5-15,33H,16H2,1-4H3. The number of hydrogen-bond donors (Lipinski definition) is 1. The van der Waals surface area contributed by atoms with Crippen molar-refractivity contribution in [2.24, 2.45) is 0 Å². The summed E-state index contributed by atoms with van der Waals surface area (Å²) in [5.74, 6) is -0.311. The van der Waals surface area contributed by atoms with Gasteiger partial charge in [0.15, 0.2) is 39.9 Å². The van der Waals surface area contributed by atoms with Gasteiger partial charge in [0.05, 0.1) is 28.4 Å². The molecule has 3 aromatic carbocycles. The lowest BCUT2D eigenvalue weighted by Crippen LogP contribution is -2.49. The summed E-state index contributed by atoms with van der Waals surface area (Å²) >= 11 is 6.24. The van der Waals surface area contributed by atoms with Crippen molar-refractivity contribution in [2.45, 2.75) is 12.1 Å². The molecule has 9 nitrogen and oxygen atoms in total. The molecule has 4 aromatic rings. The first-order valence-corrected chi connectivity index (χ1v) is 12.5. The van der Waals surface area contributed by atoms with Crippen LogP contribution in [0.5, 0.6) is 23.0 Å². The van der Waals surface area contributed by atoms with Crippen molar-refractivity contribution in [2.75, 3.05) is 28.4 Å². The van der Waals surface area contributed by atoms with Gasteiger partial charge in [0.1, 0.15) is 5.75 Å². The molecule has 1 aliphatic rings. The number of carbonyl (C=O) groups excluding carboxylic acids is 2. The topological polar surface area (TPSA) is 108 Å². The molecule has 1 amide bonds. The Hall–Kier alpha value is -4.63. The number of Topliss-reactive ketones (excluding diaryl/α,β-unsaturated/α-hetero) is 1. The van der Waals surface area contributed by atoms with Crippen molar-refractivity contribution >= 4 is 34.3 Å². The minimum Gasteiger partial charge on any atom is -0.503 e. The highest BCUT2D eigenvalue weighted by molar-refractivity contribution is 6.31. The number of methoxy groups -OCH3 is 4. The number of furan rings is 1. The quantitative estimate of drug-likeness (QED) is 0.259. The molecule has 0 saturated heterocycles. The molecule has 0 fully saturated rings. The first kappa shape index (κ1) is 27.0. The second-order valence-corrected chi connectivity index (χ2v) is 9.51. The van der Waals surface area contributed by atoms with E-state index in [1.165, 1.54) is 45.5 Å². The number of halogens is 1. The SMILES string of the molecule is COc1cccc(CN2C(=O)C(O)=CC2(C(=O)c2cc3cc(Cl)cc(OC)c3o2)c2ccc(OC)c(OC)c2)c1. The van der Waals surface area contributed by atoms with Crippen LogP contribution in [0.4, 0.5) is 0 Å². The smallest absolute Gasteiger partial charge is 0.290 e. The van der Waals surface area contributed by atoms with E-state index in [1.54, 1.807) is 54.6 Å². The molecule has 40 heavy (non-hydrogen) atoms. The third-order valence-corrected chi connectivity index (χ3v) is 7.09. The van der Waals surface area contributed by atoms with Crippen molar-refractivity contribution in [3.8, 4) is 23.0 Å². The van der Waals surface area contributed by atoms with Gasteiger partial charge in [0.2, 0.25) is 5.78 Å². The Morgan fingerprint density at radius 2 is 1.68 bits per heavy atom. The minimum atomic E-state index is -1.81. The Balaban J connectivity index is 1.74. The Morgan fingerprint density at radius 1 is 0.925 bits per heavy atom. The third-order valence-electron chi connectivity index (χ3n) is 6.87. The van der Waals surface area contributed by atoms with E-state index in [0.29, 0.717) is 50.1 Å². The molecular weight excluding hydrogens is 538 g/mol. The minimum absolute atomic E-state index is 0.0357. The second kappa shape index (κ2) is 10.5. The summed E-state index contributed by atoms with van der Waals surface area (Å²) in [6.07, 6.45) is 1.23. The van der Waals surface area contributed by atoms with Crippen LogP contribution in [-0.2, 0) is 16.9 Å². The largest absolute Gasteiger partial charge is 0.503 e. The molecule has 0 radical (unpaired) electrons. The van der Waals surface area contributed by atoms with Crippen molar-refractivity contribution in [3.05, 3.63) is 94.4 Å². The maximum absolute atomic E-state index is 14.6. The van der Waals surface area contributed by atoms with E-state index < -0.39 is 23.0 Å². The summed E-state index contributed by atoms with van der Waals surface area (Å²) in [6, 6.07) is 16.7. The summed E-state index contributed by atoms with van der Waals surface area (Å²) in [4.78, 5) is 29.4. The van der Waals surface area contributed by atoms with Crippen molar-refractivity contribution in [1.29, 1.82) is 0 Å². The zero-order valence-electron chi connectivity index (χ0n) is 22.2. The molecule has 1 atom stereocenters. The molecule has 2 heterocycles. The number of hydrogen-bond acceptors (Lipinski definition) is 8. The number of carbonyl (C=O) groups is 2. The molecule has 5 rings (SSSR count). The summed E-state index contributed by atoms with van der Waals surface area (Å²) < 4.78 is 27.6. The van der Waals surface area contributed by atoms with E-state index in [1.807, 2.05) is 0 Å². The van der Waals surface area contributed by atoms with Gasteiger partial charge < -0.3 is 33.4 Å². The number of fused-ring (bicyclic) bond motifs is 1. The molecular formula is C30H26ClNO8. The maximum Gasteiger partial charge on any atom is 0.290 e. The third kappa shape index (κ3) is 4.38. The van der Waals surface area contributed by atoms with Gasteiger partial charge in [-0.15, -0.1) is 0 Å². The van der Waals surface area contributed by atoms with E-state index in [-0.39, 0.29) is 12.3 Å². The van der Waals surface area contributed by atoms with Gasteiger partial charge in [0, 0.05) is 29.1 Å². The molecule has 1 aliphatic heterocycles. The van der Waals surface area contributed by atoms with Crippen LogP contribution in [0.25, 0.3) is 11.0 Å². The predicted molar refractivity (Wildman–Crippen MR) is 148 cm³/mol. The highest BCUT2D eigenvalue weighted by Crippen LogP contribution is 2.45. The molecule has 1 N–H and O–H groups in total. The molecule has 0 bridgehead atoms.